The maximum atomic E-state index is 13.5. The van der Waals surface area contributed by atoms with Gasteiger partial charge in [-0.15, -0.1) is 0 Å². The molecule has 0 aliphatic heterocycles. The first kappa shape index (κ1) is 10.6. The van der Waals surface area contributed by atoms with Gasteiger partial charge in [0.1, 0.15) is 5.82 Å². The summed E-state index contributed by atoms with van der Waals surface area (Å²) >= 11 is 0. The molecule has 0 saturated heterocycles. The van der Waals surface area contributed by atoms with Crippen molar-refractivity contribution >= 4 is 11.7 Å². The lowest BCUT2D eigenvalue weighted by Crippen LogP contribution is -2.27. The smallest absolute Gasteiger partial charge is 0.307 e. The minimum absolute atomic E-state index is 0.127. The lowest BCUT2D eigenvalue weighted by Gasteiger charge is -2.22. The van der Waals surface area contributed by atoms with Gasteiger partial charge in [-0.2, -0.15) is 0 Å². The Morgan fingerprint density at radius 1 is 1.44 bits per heavy atom. The Morgan fingerprint density at radius 2 is 2.19 bits per heavy atom. The van der Waals surface area contributed by atoms with Gasteiger partial charge in [-0.25, -0.2) is 4.39 Å². The Balaban J connectivity index is 2.51. The standard InChI is InChI=1S/C11H10FNO3/c12-9-3-1-2-7-8(9)4-6(11(14)15)5-10(7)13-16/h1-3,6,16H,4-5H2,(H,14,15)/b13-10-. The van der Waals surface area contributed by atoms with Crippen molar-refractivity contribution in [1.82, 2.24) is 0 Å². The molecule has 0 saturated carbocycles. The minimum atomic E-state index is -1.00. The highest BCUT2D eigenvalue weighted by atomic mass is 19.1. The van der Waals surface area contributed by atoms with Gasteiger partial charge in [0.15, 0.2) is 0 Å². The molecular formula is C11H10FNO3. The molecule has 0 aromatic heterocycles. The third-order valence-electron chi connectivity index (χ3n) is 2.79. The predicted octanol–water partition coefficient (Wildman–Crippen LogP) is 1.65. The van der Waals surface area contributed by atoms with Crippen LogP contribution in [-0.4, -0.2) is 22.0 Å². The van der Waals surface area contributed by atoms with E-state index < -0.39 is 17.7 Å². The van der Waals surface area contributed by atoms with E-state index in [4.69, 9.17) is 10.3 Å². The summed E-state index contributed by atoms with van der Waals surface area (Å²) in [6.45, 7) is 0. The van der Waals surface area contributed by atoms with Gasteiger partial charge in [-0.05, 0) is 18.1 Å². The summed E-state index contributed by atoms with van der Waals surface area (Å²) < 4.78 is 13.5. The Kier molecular flexibility index (Phi) is 2.60. The molecule has 0 heterocycles. The Hall–Kier alpha value is -1.91. The van der Waals surface area contributed by atoms with Crippen LogP contribution < -0.4 is 0 Å². The van der Waals surface area contributed by atoms with Gasteiger partial charge in [-0.3, -0.25) is 4.79 Å². The average Bonchev–Trinajstić information content (AvgIpc) is 2.28. The first-order valence-electron chi connectivity index (χ1n) is 4.85. The number of rotatable bonds is 1. The van der Waals surface area contributed by atoms with E-state index in [1.165, 1.54) is 12.1 Å². The third kappa shape index (κ3) is 1.64. The molecule has 1 atom stereocenters. The summed E-state index contributed by atoms with van der Waals surface area (Å²) in [6.07, 6.45) is 0.263. The molecule has 4 nitrogen and oxygen atoms in total. The topological polar surface area (TPSA) is 69.9 Å². The second-order valence-corrected chi connectivity index (χ2v) is 3.76. The normalized spacial score (nSPS) is 21.8. The highest BCUT2D eigenvalue weighted by Gasteiger charge is 2.30. The highest BCUT2D eigenvalue weighted by molar-refractivity contribution is 6.04. The van der Waals surface area contributed by atoms with E-state index in [1.807, 2.05) is 0 Å². The van der Waals surface area contributed by atoms with Crippen molar-refractivity contribution in [3.63, 3.8) is 0 Å². The van der Waals surface area contributed by atoms with Crippen LogP contribution in [0.15, 0.2) is 23.4 Å². The monoisotopic (exact) mass is 223 g/mol. The van der Waals surface area contributed by atoms with Crippen molar-refractivity contribution in [2.75, 3.05) is 0 Å². The summed E-state index contributed by atoms with van der Waals surface area (Å²) in [5.74, 6) is -2.19. The molecule has 0 bridgehead atoms. The average molecular weight is 223 g/mol. The number of nitrogens with zero attached hydrogens (tertiary/aromatic N) is 1. The van der Waals surface area contributed by atoms with Gasteiger partial charge in [-0.1, -0.05) is 17.3 Å². The van der Waals surface area contributed by atoms with Crippen LogP contribution in [0.5, 0.6) is 0 Å². The second kappa shape index (κ2) is 3.92. The second-order valence-electron chi connectivity index (χ2n) is 3.76. The maximum absolute atomic E-state index is 13.5. The lowest BCUT2D eigenvalue weighted by atomic mass is 9.82. The number of carboxylic acids is 1. The number of benzene rings is 1. The molecule has 16 heavy (non-hydrogen) atoms. The molecule has 2 rings (SSSR count). The third-order valence-corrected chi connectivity index (χ3v) is 2.79. The molecule has 0 amide bonds. The fourth-order valence-corrected chi connectivity index (χ4v) is 1.97. The fourth-order valence-electron chi connectivity index (χ4n) is 1.97. The number of hydrogen-bond donors (Lipinski definition) is 2. The van der Waals surface area contributed by atoms with Gasteiger partial charge in [0.2, 0.25) is 0 Å². The SMILES string of the molecule is O=C(O)C1C/C(=N/O)c2cccc(F)c2C1. The van der Waals surface area contributed by atoms with Crippen molar-refractivity contribution in [1.29, 1.82) is 0 Å². The fraction of sp³-hybridized carbons (Fsp3) is 0.273. The van der Waals surface area contributed by atoms with Crippen LogP contribution in [-0.2, 0) is 11.2 Å². The molecule has 5 heteroatoms. The molecule has 1 aliphatic carbocycles. The molecule has 84 valence electrons. The molecule has 1 aromatic rings. The number of carboxylic acid groups (broad SMARTS) is 1. The van der Waals surface area contributed by atoms with E-state index in [0.29, 0.717) is 11.1 Å². The van der Waals surface area contributed by atoms with Gasteiger partial charge in [0, 0.05) is 12.0 Å². The molecule has 2 N–H and O–H groups in total. The molecule has 0 spiro atoms. The van der Waals surface area contributed by atoms with Crippen LogP contribution in [0.1, 0.15) is 17.5 Å². The first-order chi connectivity index (χ1) is 7.63. The van der Waals surface area contributed by atoms with Crippen molar-refractivity contribution in [2.45, 2.75) is 12.8 Å². The summed E-state index contributed by atoms with van der Waals surface area (Å²) in [5.41, 5.74) is 1.04. The van der Waals surface area contributed by atoms with Crippen LogP contribution in [0.2, 0.25) is 0 Å². The quantitative estimate of drug-likeness (QED) is 0.561. The van der Waals surface area contributed by atoms with E-state index in [0.717, 1.165) is 0 Å². The van der Waals surface area contributed by atoms with E-state index in [-0.39, 0.29) is 18.6 Å². The summed E-state index contributed by atoms with van der Waals surface area (Å²) in [7, 11) is 0. The van der Waals surface area contributed by atoms with Gasteiger partial charge in [0.05, 0.1) is 11.6 Å². The van der Waals surface area contributed by atoms with E-state index in [2.05, 4.69) is 5.16 Å². The number of carbonyl (C=O) groups is 1. The van der Waals surface area contributed by atoms with E-state index >= 15 is 0 Å². The number of aliphatic carboxylic acids is 1. The van der Waals surface area contributed by atoms with Crippen LogP contribution in [0, 0.1) is 11.7 Å². The van der Waals surface area contributed by atoms with Crippen LogP contribution >= 0.6 is 0 Å². The van der Waals surface area contributed by atoms with Crippen LogP contribution in [0.4, 0.5) is 4.39 Å². The summed E-state index contributed by atoms with van der Waals surface area (Å²) in [6, 6.07) is 4.42. The number of hydrogen-bond acceptors (Lipinski definition) is 3. The maximum Gasteiger partial charge on any atom is 0.307 e. The molecule has 1 aromatic carbocycles. The van der Waals surface area contributed by atoms with Crippen molar-refractivity contribution in [3.8, 4) is 0 Å². The van der Waals surface area contributed by atoms with Crippen molar-refractivity contribution in [3.05, 3.63) is 35.1 Å². The molecule has 0 radical (unpaired) electrons. The zero-order valence-corrected chi connectivity index (χ0v) is 8.35. The van der Waals surface area contributed by atoms with E-state index in [9.17, 15) is 9.18 Å². The van der Waals surface area contributed by atoms with Crippen LogP contribution in [0.25, 0.3) is 0 Å². The van der Waals surface area contributed by atoms with E-state index in [1.54, 1.807) is 6.07 Å². The summed E-state index contributed by atoms with van der Waals surface area (Å²) in [4.78, 5) is 10.9. The number of oxime groups is 1. The zero-order chi connectivity index (χ0) is 11.7. The molecular weight excluding hydrogens is 213 g/mol. The van der Waals surface area contributed by atoms with Gasteiger partial charge >= 0.3 is 5.97 Å². The molecule has 1 aliphatic rings. The largest absolute Gasteiger partial charge is 0.481 e. The summed E-state index contributed by atoms with van der Waals surface area (Å²) in [5, 5.41) is 20.8. The van der Waals surface area contributed by atoms with Crippen LogP contribution in [0.3, 0.4) is 0 Å². The Labute approximate surface area is 91.0 Å². The Morgan fingerprint density at radius 3 is 2.81 bits per heavy atom. The molecule has 0 fully saturated rings. The molecule has 1 unspecified atom stereocenters. The lowest BCUT2D eigenvalue weighted by molar-refractivity contribution is -0.141. The Bertz CT molecular complexity index is 470. The first-order valence-corrected chi connectivity index (χ1v) is 4.85. The number of halogens is 1. The van der Waals surface area contributed by atoms with Crippen molar-refractivity contribution < 1.29 is 19.5 Å². The predicted molar refractivity (Wildman–Crippen MR) is 54.2 cm³/mol. The minimum Gasteiger partial charge on any atom is -0.481 e. The highest BCUT2D eigenvalue weighted by Crippen LogP contribution is 2.28. The zero-order valence-electron chi connectivity index (χ0n) is 8.35. The number of fused-ring (bicyclic) bond motifs is 1. The van der Waals surface area contributed by atoms with Gasteiger partial charge < -0.3 is 10.3 Å². The van der Waals surface area contributed by atoms with Gasteiger partial charge in [0.25, 0.3) is 0 Å². The van der Waals surface area contributed by atoms with Crippen molar-refractivity contribution in [2.24, 2.45) is 11.1 Å².